The molecule has 4 heteroatoms. The summed E-state index contributed by atoms with van der Waals surface area (Å²) >= 11 is 5.03. The van der Waals surface area contributed by atoms with Crippen LogP contribution in [0.2, 0.25) is 0 Å². The Morgan fingerprint density at radius 1 is 1.31 bits per heavy atom. The third-order valence-electron chi connectivity index (χ3n) is 2.46. The Hall–Kier alpha value is -0.710. The van der Waals surface area contributed by atoms with E-state index in [0.29, 0.717) is 0 Å². The van der Waals surface area contributed by atoms with Crippen LogP contribution in [-0.2, 0) is 6.42 Å². The molecular weight excluding hydrogens is 286 g/mol. The molecule has 0 spiro atoms. The van der Waals surface area contributed by atoms with Crippen LogP contribution in [0.15, 0.2) is 39.8 Å². The van der Waals surface area contributed by atoms with E-state index >= 15 is 0 Å². The lowest BCUT2D eigenvalue weighted by atomic mass is 10.0. The summed E-state index contributed by atoms with van der Waals surface area (Å²) in [7, 11) is 0. The number of aryl methyl sites for hydroxylation is 1. The van der Waals surface area contributed by atoms with Crippen LogP contribution in [0, 0.1) is 0 Å². The fourth-order valence-corrected chi connectivity index (χ4v) is 3.15. The molecule has 0 aliphatic carbocycles. The number of rotatable bonds is 4. The van der Waals surface area contributed by atoms with Crippen molar-refractivity contribution >= 4 is 27.3 Å². The number of aliphatic hydroxyl groups is 1. The van der Waals surface area contributed by atoms with Crippen LogP contribution in [0.3, 0.4) is 0 Å². The Morgan fingerprint density at radius 2 is 2.06 bits per heavy atom. The second kappa shape index (κ2) is 5.57. The van der Waals surface area contributed by atoms with E-state index in [0.717, 1.165) is 22.9 Å². The fraction of sp³-hybridized carbons (Fsp3) is 0.250. The van der Waals surface area contributed by atoms with Gasteiger partial charge in [-0.15, -0.1) is 0 Å². The highest BCUT2D eigenvalue weighted by Gasteiger charge is 2.11. The third-order valence-corrected chi connectivity index (χ3v) is 4.21. The van der Waals surface area contributed by atoms with Crippen LogP contribution in [0.4, 0.5) is 0 Å². The Bertz CT molecular complexity index is 443. The van der Waals surface area contributed by atoms with Crippen molar-refractivity contribution in [2.24, 2.45) is 0 Å². The minimum Gasteiger partial charge on any atom is -0.388 e. The maximum atomic E-state index is 10.0. The lowest BCUT2D eigenvalue weighted by Gasteiger charge is -2.09. The van der Waals surface area contributed by atoms with E-state index in [4.69, 9.17) is 0 Å². The van der Waals surface area contributed by atoms with Crippen molar-refractivity contribution in [2.75, 3.05) is 0 Å². The largest absolute Gasteiger partial charge is 0.388 e. The van der Waals surface area contributed by atoms with Gasteiger partial charge in [-0.05, 0) is 51.8 Å². The average molecular weight is 298 g/mol. The van der Waals surface area contributed by atoms with Crippen LogP contribution < -0.4 is 0 Å². The Kier molecular flexibility index (Phi) is 4.09. The van der Waals surface area contributed by atoms with Crippen molar-refractivity contribution in [2.45, 2.75) is 18.9 Å². The van der Waals surface area contributed by atoms with Gasteiger partial charge >= 0.3 is 0 Å². The molecule has 0 amide bonds. The molecule has 1 N–H and O–H groups in total. The third kappa shape index (κ3) is 2.90. The van der Waals surface area contributed by atoms with E-state index < -0.39 is 6.10 Å². The normalized spacial score (nSPS) is 12.6. The number of aromatic nitrogens is 1. The highest BCUT2D eigenvalue weighted by molar-refractivity contribution is 9.10. The van der Waals surface area contributed by atoms with E-state index in [9.17, 15) is 5.11 Å². The van der Waals surface area contributed by atoms with Gasteiger partial charge in [0.05, 0.1) is 6.10 Å². The maximum Gasteiger partial charge on any atom is 0.0812 e. The maximum absolute atomic E-state index is 10.0. The summed E-state index contributed by atoms with van der Waals surface area (Å²) in [5.74, 6) is 0. The van der Waals surface area contributed by atoms with Gasteiger partial charge in [-0.25, -0.2) is 0 Å². The molecule has 0 aromatic carbocycles. The zero-order valence-electron chi connectivity index (χ0n) is 8.64. The van der Waals surface area contributed by atoms with Crippen LogP contribution in [-0.4, -0.2) is 10.1 Å². The number of halogens is 1. The summed E-state index contributed by atoms with van der Waals surface area (Å²) in [6, 6.07) is 3.96. The van der Waals surface area contributed by atoms with Crippen molar-refractivity contribution in [1.82, 2.24) is 4.98 Å². The molecule has 1 unspecified atom stereocenters. The van der Waals surface area contributed by atoms with E-state index in [-0.39, 0.29) is 0 Å². The number of thiophene rings is 1. The van der Waals surface area contributed by atoms with Crippen LogP contribution in [0.5, 0.6) is 0 Å². The fourth-order valence-electron chi connectivity index (χ4n) is 1.54. The second-order valence-electron chi connectivity index (χ2n) is 3.58. The first kappa shape index (κ1) is 11.8. The first-order valence-electron chi connectivity index (χ1n) is 5.06. The highest BCUT2D eigenvalue weighted by Crippen LogP contribution is 2.29. The van der Waals surface area contributed by atoms with Crippen molar-refractivity contribution in [3.8, 4) is 0 Å². The molecule has 2 rings (SSSR count). The van der Waals surface area contributed by atoms with Gasteiger partial charge in [0, 0.05) is 27.8 Å². The number of hydrogen-bond acceptors (Lipinski definition) is 3. The molecule has 0 fully saturated rings. The predicted molar refractivity (Wildman–Crippen MR) is 69.5 cm³/mol. The van der Waals surface area contributed by atoms with E-state index in [1.54, 1.807) is 23.7 Å². The van der Waals surface area contributed by atoms with E-state index in [1.165, 1.54) is 5.56 Å². The molecule has 84 valence electrons. The molecule has 0 saturated carbocycles. The van der Waals surface area contributed by atoms with Crippen molar-refractivity contribution in [3.05, 3.63) is 50.9 Å². The molecule has 16 heavy (non-hydrogen) atoms. The SMILES string of the molecule is OC(CCc1ccncc1)c1cscc1Br. The monoisotopic (exact) mass is 297 g/mol. The van der Waals surface area contributed by atoms with Crippen molar-refractivity contribution < 1.29 is 5.11 Å². The summed E-state index contributed by atoms with van der Waals surface area (Å²) in [5.41, 5.74) is 2.19. The molecule has 2 aromatic heterocycles. The van der Waals surface area contributed by atoms with Crippen LogP contribution in [0.1, 0.15) is 23.7 Å². The smallest absolute Gasteiger partial charge is 0.0812 e. The minimum absolute atomic E-state index is 0.395. The van der Waals surface area contributed by atoms with Gasteiger partial charge in [-0.1, -0.05) is 0 Å². The molecule has 1 atom stereocenters. The molecule has 0 saturated heterocycles. The average Bonchev–Trinajstić information content (AvgIpc) is 2.74. The van der Waals surface area contributed by atoms with Crippen molar-refractivity contribution in [1.29, 1.82) is 0 Å². The van der Waals surface area contributed by atoms with Crippen LogP contribution in [0.25, 0.3) is 0 Å². The quantitative estimate of drug-likeness (QED) is 0.936. The standard InChI is InChI=1S/C12H12BrNOS/c13-11-8-16-7-10(11)12(15)2-1-9-3-5-14-6-4-9/h3-8,12,15H,1-2H2. The lowest BCUT2D eigenvalue weighted by molar-refractivity contribution is 0.167. The number of nitrogens with zero attached hydrogens (tertiary/aromatic N) is 1. The summed E-state index contributed by atoms with van der Waals surface area (Å²) in [4.78, 5) is 3.97. The highest BCUT2D eigenvalue weighted by atomic mass is 79.9. The Labute approximate surface area is 107 Å². The van der Waals surface area contributed by atoms with E-state index in [1.807, 2.05) is 22.9 Å². The predicted octanol–water partition coefficient (Wildman–Crippen LogP) is 3.57. The number of pyridine rings is 1. The van der Waals surface area contributed by atoms with Gasteiger partial charge in [-0.3, -0.25) is 4.98 Å². The molecule has 2 aromatic rings. The minimum atomic E-state index is -0.395. The zero-order chi connectivity index (χ0) is 11.4. The molecule has 0 aliphatic heterocycles. The zero-order valence-corrected chi connectivity index (χ0v) is 11.0. The summed E-state index contributed by atoms with van der Waals surface area (Å²) in [5, 5.41) is 14.0. The Balaban J connectivity index is 1.94. The van der Waals surface area contributed by atoms with Gasteiger partial charge < -0.3 is 5.11 Å². The van der Waals surface area contributed by atoms with Crippen molar-refractivity contribution in [3.63, 3.8) is 0 Å². The molecule has 2 nitrogen and oxygen atoms in total. The Morgan fingerprint density at radius 3 is 2.69 bits per heavy atom. The van der Waals surface area contributed by atoms with Crippen LogP contribution >= 0.6 is 27.3 Å². The molecule has 0 bridgehead atoms. The van der Waals surface area contributed by atoms with Gasteiger partial charge in [0.25, 0.3) is 0 Å². The molecule has 2 heterocycles. The summed E-state index contributed by atoms with van der Waals surface area (Å²) in [6.07, 6.45) is 4.77. The van der Waals surface area contributed by atoms with E-state index in [2.05, 4.69) is 20.9 Å². The number of hydrogen-bond donors (Lipinski definition) is 1. The molecule has 0 aliphatic rings. The summed E-state index contributed by atoms with van der Waals surface area (Å²) < 4.78 is 1.000. The van der Waals surface area contributed by atoms with Gasteiger partial charge in [0.15, 0.2) is 0 Å². The molecule has 0 radical (unpaired) electrons. The van der Waals surface area contributed by atoms with Gasteiger partial charge in [0.1, 0.15) is 0 Å². The topological polar surface area (TPSA) is 33.1 Å². The molecular formula is C12H12BrNOS. The second-order valence-corrected chi connectivity index (χ2v) is 5.18. The summed E-state index contributed by atoms with van der Waals surface area (Å²) in [6.45, 7) is 0. The lowest BCUT2D eigenvalue weighted by Crippen LogP contribution is -1.99. The van der Waals surface area contributed by atoms with Gasteiger partial charge in [-0.2, -0.15) is 11.3 Å². The van der Waals surface area contributed by atoms with Gasteiger partial charge in [0.2, 0.25) is 0 Å². The first-order valence-corrected chi connectivity index (χ1v) is 6.79. The number of aliphatic hydroxyl groups excluding tert-OH is 1. The first-order chi connectivity index (χ1) is 7.77.